The van der Waals surface area contributed by atoms with Crippen molar-refractivity contribution in [2.24, 2.45) is 4.99 Å². The van der Waals surface area contributed by atoms with E-state index in [1.165, 1.54) is 11.8 Å². The van der Waals surface area contributed by atoms with Gasteiger partial charge >= 0.3 is 0 Å². The quantitative estimate of drug-likeness (QED) is 0.357. The molecule has 3 rings (SSSR count). The second-order valence-corrected chi connectivity index (χ2v) is 7.92. The van der Waals surface area contributed by atoms with Gasteiger partial charge in [0.1, 0.15) is 5.75 Å². The number of hydrogen-bond acceptors (Lipinski definition) is 5. The minimum absolute atomic E-state index is 0.0444. The van der Waals surface area contributed by atoms with E-state index in [0.29, 0.717) is 15.7 Å². The number of hydrogen-bond donors (Lipinski definition) is 4. The van der Waals surface area contributed by atoms with E-state index in [2.05, 4.69) is 42.2 Å². The second-order valence-electron chi connectivity index (χ2n) is 5.35. The number of nitrogens with zero attached hydrogens (tertiary/aromatic N) is 1. The summed E-state index contributed by atoms with van der Waals surface area (Å²) >= 11 is 7.93. The van der Waals surface area contributed by atoms with Crippen molar-refractivity contribution in [1.82, 2.24) is 0 Å². The van der Waals surface area contributed by atoms with E-state index in [1.807, 2.05) is 24.3 Å². The van der Waals surface area contributed by atoms with Crippen LogP contribution in [-0.4, -0.2) is 28.1 Å². The highest BCUT2D eigenvalue weighted by atomic mass is 79.9. The molecule has 0 amide bonds. The molecule has 2 aromatic rings. The van der Waals surface area contributed by atoms with Gasteiger partial charge in [0.2, 0.25) is 6.23 Å². The lowest BCUT2D eigenvalue weighted by Crippen LogP contribution is -2.46. The van der Waals surface area contributed by atoms with Gasteiger partial charge in [0.25, 0.3) is 11.6 Å². The first-order valence-electron chi connectivity index (χ1n) is 7.45. The van der Waals surface area contributed by atoms with Crippen LogP contribution in [0, 0.1) is 5.41 Å². The molecule has 5 N–H and O–H groups in total. The molecule has 26 heavy (non-hydrogen) atoms. The molecule has 0 bridgehead atoms. The zero-order valence-corrected chi connectivity index (χ0v) is 17.6. The van der Waals surface area contributed by atoms with E-state index in [-0.39, 0.29) is 16.8 Å². The summed E-state index contributed by atoms with van der Waals surface area (Å²) < 4.78 is 7.27. The SMILES string of the molecule is CSC(=N)/N=C1/OC(c2cc(Br)cc(Br)c2O)Nc2ccccc2C1=[NH2+]. The maximum Gasteiger partial charge on any atom is 0.292 e. The zero-order valence-electron chi connectivity index (χ0n) is 13.6. The van der Waals surface area contributed by atoms with Gasteiger partial charge in [0, 0.05) is 4.47 Å². The number of fused-ring (bicyclic) bond motifs is 1. The first kappa shape index (κ1) is 18.9. The number of nitrogens with one attached hydrogen (secondary N) is 2. The number of nitrogens with two attached hydrogens (primary N) is 1. The number of para-hydroxylation sites is 1. The number of phenols is 1. The van der Waals surface area contributed by atoms with Crippen molar-refractivity contribution >= 4 is 66.1 Å². The third-order valence-corrected chi connectivity index (χ3v) is 5.24. The van der Waals surface area contributed by atoms with Crippen LogP contribution < -0.4 is 10.7 Å². The Morgan fingerprint density at radius 2 is 2.08 bits per heavy atom. The van der Waals surface area contributed by atoms with Crippen LogP contribution in [0.5, 0.6) is 5.75 Å². The Bertz CT molecular complexity index is 933. The van der Waals surface area contributed by atoms with Crippen LogP contribution in [0.4, 0.5) is 5.69 Å². The summed E-state index contributed by atoms with van der Waals surface area (Å²) in [5, 5.41) is 27.9. The molecule has 2 aromatic carbocycles. The number of amidine groups is 1. The molecule has 9 heteroatoms. The molecule has 0 fully saturated rings. The van der Waals surface area contributed by atoms with Crippen LogP contribution in [0.2, 0.25) is 0 Å². The normalized spacial score (nSPS) is 17.9. The summed E-state index contributed by atoms with van der Waals surface area (Å²) in [6.45, 7) is 0. The van der Waals surface area contributed by atoms with E-state index < -0.39 is 6.23 Å². The fourth-order valence-electron chi connectivity index (χ4n) is 2.46. The second kappa shape index (κ2) is 7.81. The lowest BCUT2D eigenvalue weighted by atomic mass is 10.1. The van der Waals surface area contributed by atoms with Gasteiger partial charge < -0.3 is 15.2 Å². The Morgan fingerprint density at radius 1 is 1.35 bits per heavy atom. The molecule has 1 atom stereocenters. The number of ether oxygens (including phenoxy) is 1. The van der Waals surface area contributed by atoms with Gasteiger partial charge in [-0.25, -0.2) is 5.41 Å². The Hall–Kier alpha value is -1.84. The fourth-order valence-corrected chi connectivity index (χ4v) is 3.89. The number of phenolic OH excluding ortho intramolecular Hbond substituents is 1. The van der Waals surface area contributed by atoms with Gasteiger partial charge in [0.05, 0.1) is 21.3 Å². The fraction of sp³-hybridized carbons (Fsp3) is 0.118. The zero-order chi connectivity index (χ0) is 18.8. The molecule has 1 unspecified atom stereocenters. The average molecular weight is 499 g/mol. The molecule has 0 aliphatic carbocycles. The van der Waals surface area contributed by atoms with E-state index in [1.54, 1.807) is 18.4 Å². The van der Waals surface area contributed by atoms with Crippen LogP contribution in [0.3, 0.4) is 0 Å². The standard InChI is InChI=1S/C17H14Br2N4O2S/c1-26-17(21)23-16-13(20)9-4-2-3-5-12(9)22-15(25-16)10-6-8(18)7-11(19)14(10)24/h2-7,15,20-22,24H,1H3/p+1/b20-13?,21-17?,23-16+. The van der Waals surface area contributed by atoms with Gasteiger partial charge in [-0.1, -0.05) is 39.8 Å². The largest absolute Gasteiger partial charge is 0.506 e. The maximum absolute atomic E-state index is 10.5. The van der Waals surface area contributed by atoms with Crippen molar-refractivity contribution in [2.75, 3.05) is 11.6 Å². The molecule has 134 valence electrons. The van der Waals surface area contributed by atoms with Crippen molar-refractivity contribution in [2.45, 2.75) is 6.23 Å². The number of rotatable bonds is 1. The highest BCUT2D eigenvalue weighted by Crippen LogP contribution is 2.38. The third-order valence-electron chi connectivity index (χ3n) is 3.70. The lowest BCUT2D eigenvalue weighted by Gasteiger charge is -2.20. The van der Waals surface area contributed by atoms with Gasteiger partial charge in [-0.3, -0.25) is 5.41 Å². The van der Waals surface area contributed by atoms with Crippen molar-refractivity contribution in [3.8, 4) is 5.75 Å². The Morgan fingerprint density at radius 3 is 2.81 bits per heavy atom. The molecule has 1 aliphatic heterocycles. The van der Waals surface area contributed by atoms with Crippen LogP contribution >= 0.6 is 43.6 Å². The monoisotopic (exact) mass is 497 g/mol. The Balaban J connectivity index is 2.15. The van der Waals surface area contributed by atoms with E-state index in [0.717, 1.165) is 15.7 Å². The molecule has 0 saturated carbocycles. The number of aliphatic imine (C=N–C) groups is 1. The number of anilines is 1. The summed E-state index contributed by atoms with van der Waals surface area (Å²) in [6.07, 6.45) is 1.000. The predicted octanol–water partition coefficient (Wildman–Crippen LogP) is 3.30. The molecule has 1 aliphatic rings. The summed E-state index contributed by atoms with van der Waals surface area (Å²) in [5.41, 5.74) is 2.28. The summed E-state index contributed by atoms with van der Waals surface area (Å²) in [6, 6.07) is 10.9. The summed E-state index contributed by atoms with van der Waals surface area (Å²) in [4.78, 5) is 4.18. The van der Waals surface area contributed by atoms with E-state index in [9.17, 15) is 5.11 Å². The first-order chi connectivity index (χ1) is 12.4. The molecular weight excluding hydrogens is 484 g/mol. The number of halogens is 2. The summed E-state index contributed by atoms with van der Waals surface area (Å²) in [7, 11) is 0. The molecular formula is C17H15Br2N4O2S+. The minimum Gasteiger partial charge on any atom is -0.506 e. The number of thioether (sulfide) groups is 1. The molecule has 0 radical (unpaired) electrons. The Kier molecular flexibility index (Phi) is 5.69. The van der Waals surface area contributed by atoms with Crippen molar-refractivity contribution in [1.29, 1.82) is 5.41 Å². The topological polar surface area (TPSA) is 103 Å². The molecule has 0 spiro atoms. The summed E-state index contributed by atoms with van der Waals surface area (Å²) in [5.74, 6) is 0.172. The number of benzene rings is 2. The van der Waals surface area contributed by atoms with Crippen molar-refractivity contribution in [3.05, 3.63) is 56.5 Å². The first-order valence-corrected chi connectivity index (χ1v) is 10.3. The molecule has 0 saturated heterocycles. The van der Waals surface area contributed by atoms with E-state index in [4.69, 9.17) is 15.6 Å². The lowest BCUT2D eigenvalue weighted by molar-refractivity contribution is -0.110. The Labute approximate surface area is 171 Å². The average Bonchev–Trinajstić information content (AvgIpc) is 2.75. The highest BCUT2D eigenvalue weighted by Gasteiger charge is 2.32. The van der Waals surface area contributed by atoms with Gasteiger partial charge in [0.15, 0.2) is 5.17 Å². The van der Waals surface area contributed by atoms with Gasteiger partial charge in [-0.2, -0.15) is 4.99 Å². The molecule has 1 heterocycles. The van der Waals surface area contributed by atoms with Gasteiger partial charge in [-0.15, -0.1) is 0 Å². The van der Waals surface area contributed by atoms with Crippen LogP contribution in [0.25, 0.3) is 0 Å². The molecule has 0 aromatic heterocycles. The highest BCUT2D eigenvalue weighted by molar-refractivity contribution is 9.11. The van der Waals surface area contributed by atoms with Crippen molar-refractivity contribution < 1.29 is 15.3 Å². The van der Waals surface area contributed by atoms with Crippen molar-refractivity contribution in [3.63, 3.8) is 0 Å². The van der Waals surface area contributed by atoms with Gasteiger partial charge in [-0.05, 0) is 46.5 Å². The number of aromatic hydroxyl groups is 1. The minimum atomic E-state index is -0.751. The predicted molar refractivity (Wildman–Crippen MR) is 112 cm³/mol. The molecule has 6 nitrogen and oxygen atoms in total. The smallest absolute Gasteiger partial charge is 0.292 e. The van der Waals surface area contributed by atoms with Crippen LogP contribution in [0.15, 0.2) is 50.3 Å². The maximum atomic E-state index is 10.5. The van der Waals surface area contributed by atoms with Crippen LogP contribution in [0.1, 0.15) is 17.4 Å². The van der Waals surface area contributed by atoms with E-state index >= 15 is 0 Å². The van der Waals surface area contributed by atoms with Crippen LogP contribution in [-0.2, 0) is 4.74 Å². The third kappa shape index (κ3) is 3.79.